The zero-order valence-corrected chi connectivity index (χ0v) is 15.0. The van der Waals surface area contributed by atoms with Gasteiger partial charge >= 0.3 is 0 Å². The van der Waals surface area contributed by atoms with Crippen LogP contribution < -0.4 is 5.32 Å². The van der Waals surface area contributed by atoms with Crippen molar-refractivity contribution in [2.24, 2.45) is 5.92 Å². The largest absolute Gasteiger partial charge is 0.468 e. The van der Waals surface area contributed by atoms with E-state index in [9.17, 15) is 10.1 Å². The van der Waals surface area contributed by atoms with E-state index in [1.807, 2.05) is 61.2 Å². The first kappa shape index (κ1) is 18.8. The first-order valence-electron chi connectivity index (χ1n) is 8.44. The van der Waals surface area contributed by atoms with Crippen molar-refractivity contribution in [2.75, 3.05) is 6.54 Å². The van der Waals surface area contributed by atoms with Crippen LogP contribution in [-0.2, 0) is 17.9 Å². The minimum Gasteiger partial charge on any atom is -0.468 e. The Labute approximate surface area is 149 Å². The van der Waals surface area contributed by atoms with Crippen LogP contribution in [0.5, 0.6) is 0 Å². The summed E-state index contributed by atoms with van der Waals surface area (Å²) < 4.78 is 5.42. The molecule has 0 aliphatic rings. The fraction of sp³-hybridized carbons (Fsp3) is 0.400. The minimum absolute atomic E-state index is 0.0223. The Balaban J connectivity index is 2.07. The van der Waals surface area contributed by atoms with Gasteiger partial charge in [0.15, 0.2) is 0 Å². The van der Waals surface area contributed by atoms with E-state index in [2.05, 4.69) is 11.4 Å². The Bertz CT molecular complexity index is 704. The molecule has 0 saturated carbocycles. The summed E-state index contributed by atoms with van der Waals surface area (Å²) in [6.45, 7) is 6.95. The van der Waals surface area contributed by atoms with Gasteiger partial charge in [0.2, 0.25) is 5.91 Å². The fourth-order valence-electron chi connectivity index (χ4n) is 2.47. The molecule has 5 heteroatoms. The highest BCUT2D eigenvalue weighted by Crippen LogP contribution is 2.16. The summed E-state index contributed by atoms with van der Waals surface area (Å²) in [6.07, 6.45) is 1.63. The number of carbonyl (C=O) groups is 1. The van der Waals surface area contributed by atoms with E-state index in [1.54, 1.807) is 13.2 Å². The number of nitriles is 1. The molecule has 1 atom stereocenters. The second-order valence-electron chi connectivity index (χ2n) is 6.73. The molecular weight excluding hydrogens is 314 g/mol. The highest BCUT2D eigenvalue weighted by molar-refractivity contribution is 5.79. The first-order chi connectivity index (χ1) is 11.9. The van der Waals surface area contributed by atoms with Crippen LogP contribution in [0.25, 0.3) is 0 Å². The van der Waals surface area contributed by atoms with Crippen molar-refractivity contribution in [3.05, 3.63) is 60.1 Å². The van der Waals surface area contributed by atoms with Crippen molar-refractivity contribution in [3.63, 3.8) is 0 Å². The standard InChI is InChI=1S/C20H25N3O2/c1-16(2)20(3,15-21)22-19(24)14-23(13-18-10-7-11-25-18)12-17-8-5-4-6-9-17/h4-11,16H,12-14H2,1-3H3,(H,22,24)/t20-/m1/s1. The number of benzene rings is 1. The van der Waals surface area contributed by atoms with Gasteiger partial charge in [-0.2, -0.15) is 5.26 Å². The number of hydrogen-bond donors (Lipinski definition) is 1. The zero-order valence-electron chi connectivity index (χ0n) is 15.0. The Hall–Kier alpha value is -2.58. The molecule has 0 saturated heterocycles. The molecule has 2 rings (SSSR count). The van der Waals surface area contributed by atoms with E-state index in [0.29, 0.717) is 13.1 Å². The lowest BCUT2D eigenvalue weighted by Crippen LogP contribution is -2.51. The van der Waals surface area contributed by atoms with Gasteiger partial charge in [-0.1, -0.05) is 44.2 Å². The predicted molar refractivity (Wildman–Crippen MR) is 96.3 cm³/mol. The summed E-state index contributed by atoms with van der Waals surface area (Å²) in [4.78, 5) is 14.5. The summed E-state index contributed by atoms with van der Waals surface area (Å²) in [5, 5.41) is 12.3. The van der Waals surface area contributed by atoms with E-state index in [-0.39, 0.29) is 18.4 Å². The summed E-state index contributed by atoms with van der Waals surface area (Å²) in [5.74, 6) is 0.657. The number of carbonyl (C=O) groups excluding carboxylic acids is 1. The molecule has 1 aromatic heterocycles. The molecule has 132 valence electrons. The second kappa shape index (κ2) is 8.50. The molecule has 1 N–H and O–H groups in total. The van der Waals surface area contributed by atoms with Crippen molar-refractivity contribution in [2.45, 2.75) is 39.4 Å². The number of furan rings is 1. The third kappa shape index (κ3) is 5.47. The Morgan fingerprint density at radius 1 is 1.24 bits per heavy atom. The van der Waals surface area contributed by atoms with Gasteiger partial charge in [0.05, 0.1) is 25.4 Å². The highest BCUT2D eigenvalue weighted by atomic mass is 16.3. The van der Waals surface area contributed by atoms with Crippen molar-refractivity contribution < 1.29 is 9.21 Å². The van der Waals surface area contributed by atoms with Crippen molar-refractivity contribution in [3.8, 4) is 6.07 Å². The maximum absolute atomic E-state index is 12.5. The van der Waals surface area contributed by atoms with Gasteiger partial charge in [-0.25, -0.2) is 0 Å². The lowest BCUT2D eigenvalue weighted by atomic mass is 9.90. The Morgan fingerprint density at radius 3 is 2.52 bits per heavy atom. The van der Waals surface area contributed by atoms with Gasteiger partial charge in [-0.3, -0.25) is 9.69 Å². The highest BCUT2D eigenvalue weighted by Gasteiger charge is 2.30. The SMILES string of the molecule is CC(C)[C@@](C)(C#N)NC(=O)CN(Cc1ccccc1)Cc1ccco1. The fourth-order valence-corrected chi connectivity index (χ4v) is 2.47. The van der Waals surface area contributed by atoms with Gasteiger partial charge in [-0.15, -0.1) is 0 Å². The molecule has 0 aliphatic carbocycles. The monoisotopic (exact) mass is 339 g/mol. The summed E-state index contributed by atoms with van der Waals surface area (Å²) in [6, 6.07) is 15.9. The molecule has 2 aromatic rings. The van der Waals surface area contributed by atoms with Crippen LogP contribution in [0, 0.1) is 17.2 Å². The summed E-state index contributed by atoms with van der Waals surface area (Å²) in [7, 11) is 0. The number of amides is 1. The van der Waals surface area contributed by atoms with E-state index in [0.717, 1.165) is 11.3 Å². The lowest BCUT2D eigenvalue weighted by molar-refractivity contribution is -0.124. The van der Waals surface area contributed by atoms with E-state index in [4.69, 9.17) is 4.42 Å². The average Bonchev–Trinajstić information content (AvgIpc) is 3.08. The van der Waals surface area contributed by atoms with Gasteiger partial charge in [0.1, 0.15) is 11.3 Å². The van der Waals surface area contributed by atoms with Gasteiger partial charge < -0.3 is 9.73 Å². The van der Waals surface area contributed by atoms with Crippen LogP contribution in [0.2, 0.25) is 0 Å². The smallest absolute Gasteiger partial charge is 0.235 e. The van der Waals surface area contributed by atoms with E-state index < -0.39 is 5.54 Å². The van der Waals surface area contributed by atoms with Gasteiger partial charge in [-0.05, 0) is 30.5 Å². The molecule has 1 amide bonds. The van der Waals surface area contributed by atoms with Crippen molar-refractivity contribution in [1.29, 1.82) is 5.26 Å². The lowest BCUT2D eigenvalue weighted by Gasteiger charge is -2.29. The topological polar surface area (TPSA) is 69.3 Å². The normalized spacial score (nSPS) is 13.4. The van der Waals surface area contributed by atoms with Gasteiger partial charge in [0.25, 0.3) is 0 Å². The molecule has 1 aromatic carbocycles. The molecule has 25 heavy (non-hydrogen) atoms. The molecule has 0 bridgehead atoms. The van der Waals surface area contributed by atoms with E-state index >= 15 is 0 Å². The maximum Gasteiger partial charge on any atom is 0.235 e. The van der Waals surface area contributed by atoms with Crippen molar-refractivity contribution >= 4 is 5.91 Å². The molecule has 0 fully saturated rings. The molecule has 0 aliphatic heterocycles. The zero-order chi connectivity index (χ0) is 18.3. The van der Waals surface area contributed by atoms with Crippen LogP contribution >= 0.6 is 0 Å². The first-order valence-corrected chi connectivity index (χ1v) is 8.44. The number of rotatable bonds is 8. The second-order valence-corrected chi connectivity index (χ2v) is 6.73. The number of hydrogen-bond acceptors (Lipinski definition) is 4. The Kier molecular flexibility index (Phi) is 6.37. The Morgan fingerprint density at radius 2 is 1.96 bits per heavy atom. The average molecular weight is 339 g/mol. The predicted octanol–water partition coefficient (Wildman–Crippen LogP) is 3.34. The van der Waals surface area contributed by atoms with Crippen LogP contribution in [0.1, 0.15) is 32.1 Å². The molecular formula is C20H25N3O2. The maximum atomic E-state index is 12.5. The minimum atomic E-state index is -0.875. The molecule has 0 unspecified atom stereocenters. The van der Waals surface area contributed by atoms with E-state index in [1.165, 1.54) is 0 Å². The molecule has 0 spiro atoms. The molecule has 1 heterocycles. The molecule has 5 nitrogen and oxygen atoms in total. The molecule has 0 radical (unpaired) electrons. The summed E-state index contributed by atoms with van der Waals surface area (Å²) in [5.41, 5.74) is 0.244. The van der Waals surface area contributed by atoms with Crippen LogP contribution in [-0.4, -0.2) is 22.9 Å². The van der Waals surface area contributed by atoms with Crippen LogP contribution in [0.15, 0.2) is 53.1 Å². The summed E-state index contributed by atoms with van der Waals surface area (Å²) >= 11 is 0. The number of nitrogens with one attached hydrogen (secondary N) is 1. The van der Waals surface area contributed by atoms with Crippen molar-refractivity contribution in [1.82, 2.24) is 10.2 Å². The van der Waals surface area contributed by atoms with Crippen LogP contribution in [0.4, 0.5) is 0 Å². The third-order valence-corrected chi connectivity index (χ3v) is 4.36. The van der Waals surface area contributed by atoms with Crippen LogP contribution in [0.3, 0.4) is 0 Å². The third-order valence-electron chi connectivity index (χ3n) is 4.36. The van der Waals surface area contributed by atoms with Gasteiger partial charge in [0, 0.05) is 6.54 Å². The number of nitrogens with zero attached hydrogens (tertiary/aromatic N) is 2. The quantitative estimate of drug-likeness (QED) is 0.801.